The molecule has 2 aromatic carbocycles. The van der Waals surface area contributed by atoms with Crippen LogP contribution in [0.25, 0.3) is 0 Å². The van der Waals surface area contributed by atoms with E-state index in [-0.39, 0.29) is 11.8 Å². The van der Waals surface area contributed by atoms with Crippen LogP contribution in [0.5, 0.6) is 0 Å². The Hall–Kier alpha value is -2.62. The highest BCUT2D eigenvalue weighted by Crippen LogP contribution is 2.28. The zero-order valence-corrected chi connectivity index (χ0v) is 14.3. The van der Waals surface area contributed by atoms with Crippen molar-refractivity contribution in [3.8, 4) is 0 Å². The molecule has 0 radical (unpaired) electrons. The van der Waals surface area contributed by atoms with Crippen molar-refractivity contribution in [2.75, 3.05) is 18.0 Å². The van der Waals surface area contributed by atoms with E-state index in [0.717, 1.165) is 43.6 Å². The van der Waals surface area contributed by atoms with Gasteiger partial charge in [0.05, 0.1) is 0 Å². The van der Waals surface area contributed by atoms with E-state index in [4.69, 9.17) is 0 Å². The highest BCUT2D eigenvalue weighted by Gasteiger charge is 2.24. The molecule has 0 saturated carbocycles. The number of rotatable bonds is 3. The first-order valence-electron chi connectivity index (χ1n) is 8.99. The molecule has 0 N–H and O–H groups in total. The van der Waals surface area contributed by atoms with Gasteiger partial charge in [-0.05, 0) is 48.6 Å². The third-order valence-electron chi connectivity index (χ3n) is 5.07. The number of carbonyl (C=O) groups is 2. The van der Waals surface area contributed by atoms with Crippen molar-refractivity contribution >= 4 is 17.5 Å². The number of amides is 2. The molecule has 4 heteroatoms. The number of carbonyl (C=O) groups excluding carboxylic acids is 2. The molecule has 0 unspecified atom stereocenters. The van der Waals surface area contributed by atoms with Crippen molar-refractivity contribution in [3.63, 3.8) is 0 Å². The summed E-state index contributed by atoms with van der Waals surface area (Å²) >= 11 is 0. The van der Waals surface area contributed by atoms with Crippen molar-refractivity contribution in [2.45, 2.75) is 32.2 Å². The highest BCUT2D eigenvalue weighted by molar-refractivity contribution is 6.06. The molecule has 0 atom stereocenters. The van der Waals surface area contributed by atoms with E-state index in [1.54, 1.807) is 0 Å². The molecular formula is C21H22N2O2. The number of likely N-dealkylation sites (tertiary alicyclic amines) is 1. The SMILES string of the molecule is O=C1CCCN1Cc1cccc(C(=O)N2CCCc3ccccc32)c1. The van der Waals surface area contributed by atoms with Gasteiger partial charge in [-0.1, -0.05) is 30.3 Å². The number of hydrogen-bond acceptors (Lipinski definition) is 2. The molecule has 4 nitrogen and oxygen atoms in total. The van der Waals surface area contributed by atoms with Gasteiger partial charge >= 0.3 is 0 Å². The van der Waals surface area contributed by atoms with Gasteiger partial charge in [0.2, 0.25) is 5.91 Å². The van der Waals surface area contributed by atoms with E-state index in [2.05, 4.69) is 6.07 Å². The summed E-state index contributed by atoms with van der Waals surface area (Å²) in [5, 5.41) is 0. The fraction of sp³-hybridized carbons (Fsp3) is 0.333. The minimum Gasteiger partial charge on any atom is -0.338 e. The van der Waals surface area contributed by atoms with Crippen LogP contribution in [0.15, 0.2) is 48.5 Å². The lowest BCUT2D eigenvalue weighted by Gasteiger charge is -2.29. The minimum absolute atomic E-state index is 0.0433. The third-order valence-corrected chi connectivity index (χ3v) is 5.07. The molecule has 2 amide bonds. The normalized spacial score (nSPS) is 16.9. The topological polar surface area (TPSA) is 40.6 Å². The van der Waals surface area contributed by atoms with Gasteiger partial charge in [0.15, 0.2) is 0 Å². The Labute approximate surface area is 148 Å². The smallest absolute Gasteiger partial charge is 0.258 e. The first-order valence-corrected chi connectivity index (χ1v) is 8.99. The predicted molar refractivity (Wildman–Crippen MR) is 97.5 cm³/mol. The van der Waals surface area contributed by atoms with Crippen LogP contribution in [-0.2, 0) is 17.8 Å². The second-order valence-electron chi connectivity index (χ2n) is 6.81. The lowest BCUT2D eigenvalue weighted by Crippen LogP contribution is -2.35. The monoisotopic (exact) mass is 334 g/mol. The van der Waals surface area contributed by atoms with Gasteiger partial charge in [-0.3, -0.25) is 9.59 Å². The predicted octanol–water partition coefficient (Wildman–Crippen LogP) is 3.40. The van der Waals surface area contributed by atoms with E-state index in [1.807, 2.05) is 52.3 Å². The average molecular weight is 334 g/mol. The summed E-state index contributed by atoms with van der Waals surface area (Å²) in [6.07, 6.45) is 3.59. The zero-order valence-electron chi connectivity index (χ0n) is 14.3. The summed E-state index contributed by atoms with van der Waals surface area (Å²) in [5.74, 6) is 0.253. The number of aryl methyl sites for hydroxylation is 1. The Morgan fingerprint density at radius 2 is 1.80 bits per heavy atom. The van der Waals surface area contributed by atoms with E-state index >= 15 is 0 Å². The van der Waals surface area contributed by atoms with Crippen LogP contribution >= 0.6 is 0 Å². The summed E-state index contributed by atoms with van der Waals surface area (Å²) in [4.78, 5) is 28.7. The quantitative estimate of drug-likeness (QED) is 0.863. The van der Waals surface area contributed by atoms with Crippen LogP contribution in [0.4, 0.5) is 5.69 Å². The molecule has 0 bridgehead atoms. The van der Waals surface area contributed by atoms with Crippen molar-refractivity contribution < 1.29 is 9.59 Å². The number of fused-ring (bicyclic) bond motifs is 1. The van der Waals surface area contributed by atoms with Crippen LogP contribution in [0, 0.1) is 0 Å². The van der Waals surface area contributed by atoms with E-state index in [0.29, 0.717) is 18.5 Å². The number of benzene rings is 2. The summed E-state index contributed by atoms with van der Waals surface area (Å²) in [7, 11) is 0. The third kappa shape index (κ3) is 3.16. The number of para-hydroxylation sites is 1. The van der Waals surface area contributed by atoms with Gasteiger partial charge in [0.1, 0.15) is 0 Å². The number of hydrogen-bond donors (Lipinski definition) is 0. The molecule has 0 spiro atoms. The molecule has 25 heavy (non-hydrogen) atoms. The fourth-order valence-corrected chi connectivity index (χ4v) is 3.79. The molecule has 2 aliphatic rings. The Kier molecular flexibility index (Phi) is 4.26. The summed E-state index contributed by atoms with van der Waals surface area (Å²) < 4.78 is 0. The van der Waals surface area contributed by atoms with Gasteiger partial charge in [0, 0.05) is 37.3 Å². The molecule has 0 aromatic heterocycles. The van der Waals surface area contributed by atoms with Gasteiger partial charge in [-0.2, -0.15) is 0 Å². The van der Waals surface area contributed by atoms with Crippen LogP contribution in [-0.4, -0.2) is 29.8 Å². The lowest BCUT2D eigenvalue weighted by molar-refractivity contribution is -0.128. The molecule has 2 aromatic rings. The molecule has 0 aliphatic carbocycles. The Balaban J connectivity index is 1.57. The van der Waals surface area contributed by atoms with E-state index in [9.17, 15) is 9.59 Å². The largest absolute Gasteiger partial charge is 0.338 e. The molecule has 4 rings (SSSR count). The molecule has 2 heterocycles. The average Bonchev–Trinajstić information content (AvgIpc) is 3.05. The maximum Gasteiger partial charge on any atom is 0.258 e. The number of nitrogens with zero attached hydrogens (tertiary/aromatic N) is 2. The van der Waals surface area contributed by atoms with Crippen molar-refractivity contribution in [3.05, 3.63) is 65.2 Å². The number of anilines is 1. The highest BCUT2D eigenvalue weighted by atomic mass is 16.2. The molecule has 1 saturated heterocycles. The lowest BCUT2D eigenvalue weighted by atomic mass is 10.0. The summed E-state index contributed by atoms with van der Waals surface area (Å²) in [5.41, 5.74) is 3.98. The maximum atomic E-state index is 13.1. The second-order valence-corrected chi connectivity index (χ2v) is 6.81. The molecular weight excluding hydrogens is 312 g/mol. The van der Waals surface area contributed by atoms with Crippen LogP contribution < -0.4 is 4.90 Å². The van der Waals surface area contributed by atoms with E-state index < -0.39 is 0 Å². The van der Waals surface area contributed by atoms with E-state index in [1.165, 1.54) is 5.56 Å². The minimum atomic E-state index is 0.0433. The molecule has 1 fully saturated rings. The van der Waals surface area contributed by atoms with Gasteiger partial charge in [-0.25, -0.2) is 0 Å². The first-order chi connectivity index (χ1) is 12.2. The van der Waals surface area contributed by atoms with Gasteiger partial charge in [-0.15, -0.1) is 0 Å². The van der Waals surface area contributed by atoms with Gasteiger partial charge in [0.25, 0.3) is 5.91 Å². The van der Waals surface area contributed by atoms with Gasteiger partial charge < -0.3 is 9.80 Å². The maximum absolute atomic E-state index is 13.1. The summed E-state index contributed by atoms with van der Waals surface area (Å²) in [6, 6.07) is 15.9. The zero-order chi connectivity index (χ0) is 17.2. The van der Waals surface area contributed by atoms with Crippen molar-refractivity contribution in [2.24, 2.45) is 0 Å². The Morgan fingerprint density at radius 3 is 2.64 bits per heavy atom. The fourth-order valence-electron chi connectivity index (χ4n) is 3.79. The molecule has 2 aliphatic heterocycles. The summed E-state index contributed by atoms with van der Waals surface area (Å²) in [6.45, 7) is 2.16. The first kappa shape index (κ1) is 15.9. The standard InChI is InChI=1S/C21H22N2O2/c24-20-11-5-12-22(20)15-16-6-3-8-18(14-16)21(25)23-13-4-9-17-7-1-2-10-19(17)23/h1-3,6-8,10,14H,4-5,9,11-13,15H2. The molecule has 128 valence electrons. The Morgan fingerprint density at radius 1 is 0.960 bits per heavy atom. The van der Waals surface area contributed by atoms with Crippen molar-refractivity contribution in [1.82, 2.24) is 4.90 Å². The van der Waals surface area contributed by atoms with Crippen LogP contribution in [0.2, 0.25) is 0 Å². The van der Waals surface area contributed by atoms with Crippen molar-refractivity contribution in [1.29, 1.82) is 0 Å². The van der Waals surface area contributed by atoms with Crippen LogP contribution in [0.3, 0.4) is 0 Å². The van der Waals surface area contributed by atoms with Crippen LogP contribution in [0.1, 0.15) is 40.7 Å². The Bertz CT molecular complexity index is 815. The second kappa shape index (κ2) is 6.71.